The molecule has 12 nitrogen and oxygen atoms in total. The molecule has 250 valence electrons. The Morgan fingerprint density at radius 2 is 1.79 bits per heavy atom. The number of nitrogens with one attached hydrogen (secondary N) is 2. The molecule has 1 unspecified atom stereocenters. The number of carbonyl (C=O) groups excluding carboxylic acids is 2. The van der Waals surface area contributed by atoms with Crippen molar-refractivity contribution in [2.45, 2.75) is 38.1 Å². The lowest BCUT2D eigenvalue weighted by atomic mass is 10.1. The maximum Gasteiger partial charge on any atom is 0.417 e. The van der Waals surface area contributed by atoms with Gasteiger partial charge in [0.15, 0.2) is 6.10 Å². The first-order chi connectivity index (χ1) is 22.9. The number of amides is 2. The zero-order valence-corrected chi connectivity index (χ0v) is 25.9. The molecule has 0 bridgehead atoms. The summed E-state index contributed by atoms with van der Waals surface area (Å²) >= 11 is 5.69. The molecule has 48 heavy (non-hydrogen) atoms. The largest absolute Gasteiger partial charge is 0.479 e. The highest BCUT2D eigenvalue weighted by molar-refractivity contribution is 6.31. The number of hydrogen-bond donors (Lipinski definition) is 4. The van der Waals surface area contributed by atoms with Crippen molar-refractivity contribution in [1.29, 1.82) is 0 Å². The van der Waals surface area contributed by atoms with Gasteiger partial charge in [0.25, 0.3) is 11.8 Å². The summed E-state index contributed by atoms with van der Waals surface area (Å²) in [5.74, 6) is -2.71. The van der Waals surface area contributed by atoms with Gasteiger partial charge in [-0.1, -0.05) is 35.0 Å². The van der Waals surface area contributed by atoms with E-state index in [1.807, 2.05) is 0 Å². The standard InChI is InChI=1S/C32H29ClF3N7O5/c33-25-9-7-19(14-24(25)32(34,35)36)16-37-40-30(46)23-15-22(42-11-2-1-3-12-42)8-10-26(23)38-29(45)21-6-4-5-20(13-21)17-43-18-27(39-41-43)28(44)31(47)48/h4-10,13-16,18,28,44H,1-3,11-12,17H2,(H,38,45)(H,40,46)(H,47,48). The van der Waals surface area contributed by atoms with Crippen LogP contribution >= 0.6 is 11.6 Å². The third-order valence-electron chi connectivity index (χ3n) is 7.50. The summed E-state index contributed by atoms with van der Waals surface area (Å²) < 4.78 is 41.1. The molecule has 0 aliphatic carbocycles. The molecule has 1 aromatic heterocycles. The zero-order chi connectivity index (χ0) is 34.4. The number of carboxylic acids is 1. The van der Waals surface area contributed by atoms with E-state index in [4.69, 9.17) is 16.7 Å². The van der Waals surface area contributed by atoms with Crippen LogP contribution in [0.25, 0.3) is 0 Å². The Kier molecular flexibility index (Phi) is 10.4. The van der Waals surface area contributed by atoms with Crippen LogP contribution in [0.15, 0.2) is 72.0 Å². The number of rotatable bonds is 10. The molecular weight excluding hydrogens is 655 g/mol. The molecule has 1 aliphatic heterocycles. The average Bonchev–Trinajstić information content (AvgIpc) is 3.53. The quantitative estimate of drug-likeness (QED) is 0.132. The van der Waals surface area contributed by atoms with Crippen molar-refractivity contribution in [3.8, 4) is 0 Å². The number of aliphatic hydroxyl groups excluding tert-OH is 1. The van der Waals surface area contributed by atoms with Crippen molar-refractivity contribution in [2.75, 3.05) is 23.3 Å². The number of alkyl halides is 3. The van der Waals surface area contributed by atoms with Crippen molar-refractivity contribution >= 4 is 47.0 Å². The van der Waals surface area contributed by atoms with E-state index >= 15 is 0 Å². The Labute approximate surface area is 276 Å². The molecule has 1 fully saturated rings. The summed E-state index contributed by atoms with van der Waals surface area (Å²) in [7, 11) is 0. The SMILES string of the molecule is O=C(Nc1ccc(N2CCCCC2)cc1C(=O)NN=Cc1ccc(Cl)c(C(F)(F)F)c1)c1cccc(Cn2cc(C(O)C(=O)O)nn2)c1. The van der Waals surface area contributed by atoms with Crippen LogP contribution in [-0.2, 0) is 17.5 Å². The topological polar surface area (TPSA) is 162 Å². The van der Waals surface area contributed by atoms with Crippen LogP contribution in [0.1, 0.15) is 68.5 Å². The fourth-order valence-corrected chi connectivity index (χ4v) is 5.30. The van der Waals surface area contributed by atoms with Crippen molar-refractivity contribution in [3.05, 3.63) is 105 Å². The second-order valence-electron chi connectivity index (χ2n) is 11.0. The number of hydrogen-bond acceptors (Lipinski definition) is 8. The molecule has 4 N–H and O–H groups in total. The smallest absolute Gasteiger partial charge is 0.417 e. The highest BCUT2D eigenvalue weighted by Gasteiger charge is 2.33. The van der Waals surface area contributed by atoms with Gasteiger partial charge in [-0.05, 0) is 72.9 Å². The van der Waals surface area contributed by atoms with Crippen molar-refractivity contribution in [3.63, 3.8) is 0 Å². The minimum atomic E-state index is -4.67. The normalized spacial score (nSPS) is 14.1. The number of piperidine rings is 1. The van der Waals surface area contributed by atoms with Gasteiger partial charge in [-0.25, -0.2) is 14.9 Å². The Morgan fingerprint density at radius 3 is 2.52 bits per heavy atom. The summed E-state index contributed by atoms with van der Waals surface area (Å²) in [6.07, 6.45) is -1.09. The second kappa shape index (κ2) is 14.6. The van der Waals surface area contributed by atoms with Gasteiger partial charge in [0.05, 0.1) is 40.8 Å². The first-order valence-corrected chi connectivity index (χ1v) is 15.1. The molecule has 0 radical (unpaired) electrons. The van der Waals surface area contributed by atoms with Crippen LogP contribution in [0.3, 0.4) is 0 Å². The molecule has 5 rings (SSSR count). The van der Waals surface area contributed by atoms with Gasteiger partial charge in [0, 0.05) is 24.3 Å². The predicted molar refractivity (Wildman–Crippen MR) is 170 cm³/mol. The molecule has 2 heterocycles. The lowest BCUT2D eigenvalue weighted by Crippen LogP contribution is -2.30. The highest BCUT2D eigenvalue weighted by Crippen LogP contribution is 2.35. The molecule has 1 saturated heterocycles. The molecule has 0 spiro atoms. The van der Waals surface area contributed by atoms with Gasteiger partial charge < -0.3 is 20.4 Å². The van der Waals surface area contributed by atoms with E-state index in [0.717, 1.165) is 56.4 Å². The third kappa shape index (κ3) is 8.35. The summed E-state index contributed by atoms with van der Waals surface area (Å²) in [5.41, 5.74) is 3.09. The maximum atomic E-state index is 13.4. The van der Waals surface area contributed by atoms with E-state index in [9.17, 15) is 32.7 Å². The van der Waals surface area contributed by atoms with Crippen LogP contribution < -0.4 is 15.6 Å². The molecule has 1 atom stereocenters. The minimum Gasteiger partial charge on any atom is -0.479 e. The third-order valence-corrected chi connectivity index (χ3v) is 7.83. The number of carbonyl (C=O) groups is 3. The second-order valence-corrected chi connectivity index (χ2v) is 11.4. The van der Waals surface area contributed by atoms with Crippen LogP contribution in [0.5, 0.6) is 0 Å². The van der Waals surface area contributed by atoms with Gasteiger partial charge in [-0.2, -0.15) is 18.3 Å². The van der Waals surface area contributed by atoms with E-state index in [1.165, 1.54) is 16.9 Å². The predicted octanol–water partition coefficient (Wildman–Crippen LogP) is 5.12. The van der Waals surface area contributed by atoms with Gasteiger partial charge in [0.1, 0.15) is 5.69 Å². The van der Waals surface area contributed by atoms with E-state index in [-0.39, 0.29) is 34.6 Å². The van der Waals surface area contributed by atoms with E-state index in [1.54, 1.807) is 42.5 Å². The molecule has 4 aromatic rings. The summed E-state index contributed by atoms with van der Waals surface area (Å²) in [6, 6.07) is 14.7. The fourth-order valence-electron chi connectivity index (χ4n) is 5.08. The minimum absolute atomic E-state index is 0.0580. The highest BCUT2D eigenvalue weighted by atomic mass is 35.5. The molecule has 3 aromatic carbocycles. The molecule has 16 heteroatoms. The number of anilines is 2. The number of nitrogens with zero attached hydrogens (tertiary/aromatic N) is 5. The number of aliphatic hydroxyl groups is 1. The molecule has 0 saturated carbocycles. The van der Waals surface area contributed by atoms with Gasteiger partial charge >= 0.3 is 12.1 Å². The van der Waals surface area contributed by atoms with Crippen LogP contribution in [0.2, 0.25) is 5.02 Å². The zero-order valence-electron chi connectivity index (χ0n) is 25.1. The van der Waals surface area contributed by atoms with Crippen LogP contribution in [0, 0.1) is 0 Å². The Hall–Kier alpha value is -5.28. The first-order valence-electron chi connectivity index (χ1n) is 14.7. The molecule has 2 amide bonds. The number of halogens is 4. The Balaban J connectivity index is 1.35. The fraction of sp³-hybridized carbons (Fsp3) is 0.250. The van der Waals surface area contributed by atoms with Gasteiger partial charge in [-0.15, -0.1) is 5.10 Å². The Morgan fingerprint density at radius 1 is 1.02 bits per heavy atom. The summed E-state index contributed by atoms with van der Waals surface area (Å²) in [6.45, 7) is 1.70. The lowest BCUT2D eigenvalue weighted by molar-refractivity contribution is -0.147. The van der Waals surface area contributed by atoms with Crippen molar-refractivity contribution in [2.24, 2.45) is 5.10 Å². The monoisotopic (exact) mass is 683 g/mol. The van der Waals surface area contributed by atoms with Crippen molar-refractivity contribution in [1.82, 2.24) is 20.4 Å². The number of aromatic nitrogens is 3. The summed E-state index contributed by atoms with van der Waals surface area (Å²) in [5, 5.41) is 32.3. The van der Waals surface area contributed by atoms with Gasteiger partial charge in [-0.3, -0.25) is 9.59 Å². The van der Waals surface area contributed by atoms with Gasteiger partial charge in [0.2, 0.25) is 0 Å². The molecule has 1 aliphatic rings. The summed E-state index contributed by atoms with van der Waals surface area (Å²) in [4.78, 5) is 39.9. The lowest BCUT2D eigenvalue weighted by Gasteiger charge is -2.29. The maximum absolute atomic E-state index is 13.4. The van der Waals surface area contributed by atoms with Crippen molar-refractivity contribution < 1.29 is 37.8 Å². The van der Waals surface area contributed by atoms with E-state index in [2.05, 4.69) is 31.1 Å². The Bertz CT molecular complexity index is 1860. The van der Waals surface area contributed by atoms with Crippen LogP contribution in [0.4, 0.5) is 24.5 Å². The van der Waals surface area contributed by atoms with E-state index in [0.29, 0.717) is 5.56 Å². The van der Waals surface area contributed by atoms with E-state index < -0.39 is 40.7 Å². The number of carboxylic acid groups (broad SMARTS) is 1. The number of benzene rings is 3. The van der Waals surface area contributed by atoms with Crippen LogP contribution in [-0.4, -0.2) is 62.3 Å². The number of hydrazone groups is 1. The average molecular weight is 684 g/mol. The molecular formula is C32H29ClF3N7O5. The number of aliphatic carboxylic acids is 1. The first kappa shape index (κ1) is 34.1.